The van der Waals surface area contributed by atoms with Crippen molar-refractivity contribution in [2.75, 3.05) is 19.6 Å². The molecule has 1 aromatic carbocycles. The summed E-state index contributed by atoms with van der Waals surface area (Å²) < 4.78 is 64.0. The van der Waals surface area contributed by atoms with Crippen LogP contribution in [0.3, 0.4) is 0 Å². The molecule has 1 N–H and O–H groups in total. The zero-order chi connectivity index (χ0) is 15.7. The van der Waals surface area contributed by atoms with Gasteiger partial charge in [-0.25, -0.2) is 8.42 Å². The van der Waals surface area contributed by atoms with Crippen LogP contribution in [0.1, 0.15) is 18.9 Å². The van der Waals surface area contributed by atoms with Gasteiger partial charge in [-0.15, -0.1) is 0 Å². The van der Waals surface area contributed by atoms with Crippen molar-refractivity contribution < 1.29 is 21.6 Å². The van der Waals surface area contributed by atoms with E-state index in [2.05, 4.69) is 5.32 Å². The second-order valence-corrected chi connectivity index (χ2v) is 6.84. The molecule has 0 aliphatic carbocycles. The Bertz CT molecular complexity index is 580. The fourth-order valence-corrected chi connectivity index (χ4v) is 3.86. The van der Waals surface area contributed by atoms with Crippen LogP contribution in [0.4, 0.5) is 13.2 Å². The van der Waals surface area contributed by atoms with Gasteiger partial charge in [0.15, 0.2) is 0 Å². The Kier molecular flexibility index (Phi) is 4.60. The molecule has 1 heterocycles. The van der Waals surface area contributed by atoms with E-state index in [0.29, 0.717) is 26.1 Å². The molecule has 0 unspecified atom stereocenters. The van der Waals surface area contributed by atoms with E-state index in [9.17, 15) is 21.6 Å². The van der Waals surface area contributed by atoms with Crippen molar-refractivity contribution in [3.05, 3.63) is 29.8 Å². The van der Waals surface area contributed by atoms with E-state index in [0.717, 1.165) is 24.3 Å². The van der Waals surface area contributed by atoms with Crippen LogP contribution < -0.4 is 5.32 Å². The molecule has 2 rings (SSSR count). The lowest BCUT2D eigenvalue weighted by molar-refractivity contribution is -0.137. The molecule has 1 aliphatic heterocycles. The van der Waals surface area contributed by atoms with Crippen LogP contribution in [0.5, 0.6) is 0 Å². The monoisotopic (exact) mass is 322 g/mol. The summed E-state index contributed by atoms with van der Waals surface area (Å²) in [6, 6.07) is 3.52. The quantitative estimate of drug-likeness (QED) is 0.903. The van der Waals surface area contributed by atoms with Gasteiger partial charge in [0.2, 0.25) is 10.0 Å². The molecule has 0 spiro atoms. The minimum Gasteiger partial charge on any atom is -0.313 e. The second kappa shape index (κ2) is 5.94. The summed E-state index contributed by atoms with van der Waals surface area (Å²) in [6.45, 7) is 3.36. The average Bonchev–Trinajstić information content (AvgIpc) is 2.35. The van der Waals surface area contributed by atoms with Gasteiger partial charge < -0.3 is 5.32 Å². The first kappa shape index (κ1) is 16.3. The summed E-state index contributed by atoms with van der Waals surface area (Å²) in [6.07, 6.45) is -3.82. The fourth-order valence-electron chi connectivity index (χ4n) is 2.15. The van der Waals surface area contributed by atoms with E-state index in [-0.39, 0.29) is 10.9 Å². The maximum Gasteiger partial charge on any atom is 0.416 e. The summed E-state index contributed by atoms with van der Waals surface area (Å²) in [5, 5.41) is 3.00. The summed E-state index contributed by atoms with van der Waals surface area (Å²) in [4.78, 5) is -0.101. The van der Waals surface area contributed by atoms with Gasteiger partial charge in [0.05, 0.1) is 16.5 Å². The van der Waals surface area contributed by atoms with Crippen LogP contribution in [-0.2, 0) is 16.2 Å². The molecule has 21 heavy (non-hydrogen) atoms. The number of halogens is 3. The van der Waals surface area contributed by atoms with Gasteiger partial charge in [0, 0.05) is 19.6 Å². The van der Waals surface area contributed by atoms with Gasteiger partial charge in [0.25, 0.3) is 0 Å². The molecular weight excluding hydrogens is 305 g/mol. The number of alkyl halides is 3. The minimum absolute atomic E-state index is 0.101. The van der Waals surface area contributed by atoms with Crippen LogP contribution in [-0.4, -0.2) is 38.4 Å². The maximum atomic E-state index is 12.5. The van der Waals surface area contributed by atoms with Crippen LogP contribution in [0.25, 0.3) is 0 Å². The van der Waals surface area contributed by atoms with Gasteiger partial charge in [-0.1, -0.05) is 6.92 Å². The number of hydrogen-bond donors (Lipinski definition) is 1. The first-order chi connectivity index (χ1) is 9.76. The Labute approximate surface area is 122 Å². The molecule has 0 aromatic heterocycles. The molecule has 0 saturated carbocycles. The van der Waals surface area contributed by atoms with Crippen molar-refractivity contribution in [2.45, 2.75) is 30.5 Å². The van der Waals surface area contributed by atoms with Crippen LogP contribution in [0.2, 0.25) is 0 Å². The van der Waals surface area contributed by atoms with Gasteiger partial charge in [-0.05, 0) is 30.7 Å². The predicted molar refractivity (Wildman–Crippen MR) is 72.3 cm³/mol. The Morgan fingerprint density at radius 3 is 2.19 bits per heavy atom. The molecule has 8 heteroatoms. The van der Waals surface area contributed by atoms with E-state index in [4.69, 9.17) is 0 Å². The summed E-state index contributed by atoms with van der Waals surface area (Å²) in [5.41, 5.74) is -0.853. The van der Waals surface area contributed by atoms with E-state index in [1.807, 2.05) is 6.92 Å². The van der Waals surface area contributed by atoms with Crippen LogP contribution >= 0.6 is 0 Å². The Morgan fingerprint density at radius 1 is 1.24 bits per heavy atom. The van der Waals surface area contributed by atoms with Gasteiger partial charge in [-0.3, -0.25) is 0 Å². The second-order valence-electron chi connectivity index (χ2n) is 4.95. The van der Waals surface area contributed by atoms with Crippen molar-refractivity contribution in [1.82, 2.24) is 9.62 Å². The van der Waals surface area contributed by atoms with Crippen molar-refractivity contribution in [2.24, 2.45) is 0 Å². The van der Waals surface area contributed by atoms with E-state index >= 15 is 0 Å². The van der Waals surface area contributed by atoms with E-state index in [1.54, 1.807) is 0 Å². The highest BCUT2D eigenvalue weighted by Gasteiger charge is 2.35. The third-order valence-electron chi connectivity index (χ3n) is 3.40. The normalized spacial score (nSPS) is 17.0. The van der Waals surface area contributed by atoms with Gasteiger partial charge >= 0.3 is 6.18 Å². The highest BCUT2D eigenvalue weighted by atomic mass is 32.2. The molecule has 4 nitrogen and oxygen atoms in total. The zero-order valence-electron chi connectivity index (χ0n) is 11.5. The number of nitrogens with zero attached hydrogens (tertiary/aromatic N) is 1. The van der Waals surface area contributed by atoms with Crippen LogP contribution in [0.15, 0.2) is 29.2 Å². The first-order valence-corrected chi connectivity index (χ1v) is 8.10. The third-order valence-corrected chi connectivity index (χ3v) is 5.37. The molecule has 118 valence electrons. The average molecular weight is 322 g/mol. The van der Waals surface area contributed by atoms with Gasteiger partial charge in [-0.2, -0.15) is 17.5 Å². The summed E-state index contributed by atoms with van der Waals surface area (Å²) >= 11 is 0. The zero-order valence-corrected chi connectivity index (χ0v) is 12.3. The van der Waals surface area contributed by atoms with Crippen molar-refractivity contribution in [3.63, 3.8) is 0 Å². The first-order valence-electron chi connectivity index (χ1n) is 6.66. The Hall–Kier alpha value is -1.12. The lowest BCUT2D eigenvalue weighted by atomic mass is 10.2. The molecular formula is C13H17F3N2O2S. The Morgan fingerprint density at radius 2 is 1.81 bits per heavy atom. The standard InChI is InChI=1S/C13H17F3N2O2S/c1-2-7-18(11-8-17-9-11)21(19,20)12-5-3-10(4-6-12)13(14,15)16/h3-6,11,17H,2,7-9H2,1H3. The summed E-state index contributed by atoms with van der Waals surface area (Å²) in [5.74, 6) is 0. The molecule has 1 aromatic rings. The lowest BCUT2D eigenvalue weighted by Crippen LogP contribution is -2.58. The smallest absolute Gasteiger partial charge is 0.313 e. The van der Waals surface area contributed by atoms with Crippen molar-refractivity contribution >= 4 is 10.0 Å². The largest absolute Gasteiger partial charge is 0.416 e. The molecule has 0 bridgehead atoms. The molecule has 0 atom stereocenters. The van der Waals surface area contributed by atoms with Crippen molar-refractivity contribution in [1.29, 1.82) is 0 Å². The molecule has 1 fully saturated rings. The van der Waals surface area contributed by atoms with E-state index < -0.39 is 21.8 Å². The number of hydrogen-bond acceptors (Lipinski definition) is 3. The third kappa shape index (κ3) is 3.38. The number of nitrogens with one attached hydrogen (secondary N) is 1. The number of benzene rings is 1. The van der Waals surface area contributed by atoms with Gasteiger partial charge in [0.1, 0.15) is 0 Å². The van der Waals surface area contributed by atoms with E-state index in [1.165, 1.54) is 4.31 Å². The molecule has 0 radical (unpaired) electrons. The topological polar surface area (TPSA) is 49.4 Å². The molecule has 0 amide bonds. The summed E-state index contributed by atoms with van der Waals surface area (Å²) in [7, 11) is -3.76. The molecule has 1 aliphatic rings. The number of rotatable bonds is 5. The lowest BCUT2D eigenvalue weighted by Gasteiger charge is -2.37. The highest BCUT2D eigenvalue weighted by molar-refractivity contribution is 7.89. The van der Waals surface area contributed by atoms with Crippen molar-refractivity contribution in [3.8, 4) is 0 Å². The molecule has 1 saturated heterocycles. The highest BCUT2D eigenvalue weighted by Crippen LogP contribution is 2.30. The SMILES string of the molecule is CCCN(C1CNC1)S(=O)(=O)c1ccc(C(F)(F)F)cc1. The minimum atomic E-state index is -4.47. The number of sulfonamides is 1. The fraction of sp³-hybridized carbons (Fsp3) is 0.538. The van der Waals surface area contributed by atoms with Crippen LogP contribution in [0, 0.1) is 0 Å². The Balaban J connectivity index is 2.29. The maximum absolute atomic E-state index is 12.5. The predicted octanol–water partition coefficient (Wildman–Crippen LogP) is 2.08.